The molecule has 0 aliphatic rings. The lowest BCUT2D eigenvalue weighted by atomic mass is 10.2. The summed E-state index contributed by atoms with van der Waals surface area (Å²) in [5.74, 6) is 0.0481. The average Bonchev–Trinajstić information content (AvgIpc) is 2.63. The van der Waals surface area contributed by atoms with Crippen LogP contribution >= 0.6 is 0 Å². The van der Waals surface area contributed by atoms with E-state index in [0.29, 0.717) is 17.8 Å². The lowest BCUT2D eigenvalue weighted by molar-refractivity contribution is 0.0985. The minimum atomic E-state index is 0.0481. The van der Waals surface area contributed by atoms with Crippen LogP contribution in [0.5, 0.6) is 0 Å². The Kier molecular flexibility index (Phi) is 1.81. The first-order chi connectivity index (χ1) is 6.33. The quantitative estimate of drug-likeness (QED) is 0.704. The second kappa shape index (κ2) is 2.97. The Balaban J connectivity index is 2.67. The van der Waals surface area contributed by atoms with E-state index in [-0.39, 0.29) is 5.78 Å². The van der Waals surface area contributed by atoms with Gasteiger partial charge in [-0.3, -0.25) is 4.79 Å². The number of nitrogens with zero attached hydrogens (tertiary/aromatic N) is 2. The van der Waals surface area contributed by atoms with Crippen LogP contribution < -0.4 is 0 Å². The van der Waals surface area contributed by atoms with Gasteiger partial charge < -0.3 is 4.98 Å². The fourth-order valence-corrected chi connectivity index (χ4v) is 1.26. The summed E-state index contributed by atoms with van der Waals surface area (Å²) in [5, 5.41) is 0.800. The molecule has 0 amide bonds. The number of Topliss-reactive ketones (excluding diaryl/α,β-unsaturated/α-hetero) is 1. The molecule has 2 heterocycles. The first kappa shape index (κ1) is 7.91. The van der Waals surface area contributed by atoms with Gasteiger partial charge in [-0.2, -0.15) is 0 Å². The van der Waals surface area contributed by atoms with Gasteiger partial charge in [0.25, 0.3) is 0 Å². The average molecular weight is 175 g/mol. The number of fused-ring (bicyclic) bond motifs is 1. The Morgan fingerprint density at radius 2 is 2.38 bits per heavy atom. The third-order valence-corrected chi connectivity index (χ3v) is 1.94. The van der Waals surface area contributed by atoms with Crippen molar-refractivity contribution in [1.29, 1.82) is 0 Å². The molecule has 2 aromatic rings. The minimum Gasteiger partial charge on any atom is -0.346 e. The number of aromatic nitrogens is 3. The predicted molar refractivity (Wildman–Crippen MR) is 48.5 cm³/mol. The zero-order valence-corrected chi connectivity index (χ0v) is 7.24. The lowest BCUT2D eigenvalue weighted by Gasteiger charge is -1.96. The van der Waals surface area contributed by atoms with Crippen molar-refractivity contribution in [2.45, 2.75) is 13.3 Å². The number of H-pyrrole nitrogens is 1. The summed E-state index contributed by atoms with van der Waals surface area (Å²) in [7, 11) is 0. The molecule has 2 rings (SSSR count). The molecule has 0 spiro atoms. The van der Waals surface area contributed by atoms with Crippen LogP contribution in [0, 0.1) is 0 Å². The molecule has 0 aromatic carbocycles. The third kappa shape index (κ3) is 1.20. The van der Waals surface area contributed by atoms with Crippen molar-refractivity contribution in [2.24, 2.45) is 0 Å². The van der Waals surface area contributed by atoms with Gasteiger partial charge in [0.1, 0.15) is 17.7 Å². The molecule has 66 valence electrons. The van der Waals surface area contributed by atoms with Gasteiger partial charge in [0.2, 0.25) is 0 Å². The highest BCUT2D eigenvalue weighted by atomic mass is 16.1. The molecule has 13 heavy (non-hydrogen) atoms. The Morgan fingerprint density at radius 3 is 3.15 bits per heavy atom. The molecule has 4 nitrogen and oxygen atoms in total. The normalized spacial score (nSPS) is 10.5. The highest BCUT2D eigenvalue weighted by Crippen LogP contribution is 2.13. The summed E-state index contributed by atoms with van der Waals surface area (Å²) in [6, 6.07) is 1.82. The fraction of sp³-hybridized carbons (Fsp3) is 0.222. The Bertz CT molecular complexity index is 447. The van der Waals surface area contributed by atoms with Crippen LogP contribution in [-0.4, -0.2) is 20.7 Å². The molecule has 0 bridgehead atoms. The maximum atomic E-state index is 11.4. The molecular weight excluding hydrogens is 166 g/mol. The standard InChI is InChI=1S/C9H9N3O/c1-2-7(13)8-6-3-4-10-9(6)12-5-11-8/h3-5H,2H2,1H3,(H,10,11,12). The molecule has 0 atom stereocenters. The summed E-state index contributed by atoms with van der Waals surface area (Å²) < 4.78 is 0. The molecule has 0 aliphatic heterocycles. The molecule has 1 N–H and O–H groups in total. The topological polar surface area (TPSA) is 58.6 Å². The molecule has 0 saturated carbocycles. The van der Waals surface area contributed by atoms with Crippen molar-refractivity contribution in [3.8, 4) is 0 Å². The van der Waals surface area contributed by atoms with Gasteiger partial charge in [-0.25, -0.2) is 9.97 Å². The number of nitrogens with one attached hydrogen (secondary N) is 1. The van der Waals surface area contributed by atoms with E-state index < -0.39 is 0 Å². The van der Waals surface area contributed by atoms with E-state index >= 15 is 0 Å². The number of hydrogen-bond donors (Lipinski definition) is 1. The van der Waals surface area contributed by atoms with Crippen molar-refractivity contribution >= 4 is 16.8 Å². The number of carbonyl (C=O) groups is 1. The van der Waals surface area contributed by atoms with Gasteiger partial charge >= 0.3 is 0 Å². The minimum absolute atomic E-state index is 0.0481. The van der Waals surface area contributed by atoms with Crippen LogP contribution in [0.2, 0.25) is 0 Å². The third-order valence-electron chi connectivity index (χ3n) is 1.94. The lowest BCUT2D eigenvalue weighted by Crippen LogP contribution is -2.01. The van der Waals surface area contributed by atoms with E-state index in [2.05, 4.69) is 15.0 Å². The van der Waals surface area contributed by atoms with E-state index in [4.69, 9.17) is 0 Å². The van der Waals surface area contributed by atoms with Gasteiger partial charge in [0, 0.05) is 18.0 Å². The summed E-state index contributed by atoms with van der Waals surface area (Å²) in [6.07, 6.45) is 3.63. The monoisotopic (exact) mass is 175 g/mol. The van der Waals surface area contributed by atoms with Crippen LogP contribution in [0.3, 0.4) is 0 Å². The smallest absolute Gasteiger partial charge is 0.181 e. The SMILES string of the molecule is CCC(=O)c1ncnc2[nH]ccc12. The van der Waals surface area contributed by atoms with Crippen molar-refractivity contribution in [3.05, 3.63) is 24.3 Å². The Morgan fingerprint density at radius 1 is 1.54 bits per heavy atom. The Labute approximate surface area is 75.0 Å². The van der Waals surface area contributed by atoms with Crippen molar-refractivity contribution in [1.82, 2.24) is 15.0 Å². The maximum Gasteiger partial charge on any atom is 0.181 e. The van der Waals surface area contributed by atoms with Crippen molar-refractivity contribution in [2.75, 3.05) is 0 Å². The fourth-order valence-electron chi connectivity index (χ4n) is 1.26. The van der Waals surface area contributed by atoms with Crippen LogP contribution in [0.15, 0.2) is 18.6 Å². The Hall–Kier alpha value is -1.71. The van der Waals surface area contributed by atoms with Crippen LogP contribution in [0.1, 0.15) is 23.8 Å². The number of hydrogen-bond acceptors (Lipinski definition) is 3. The zero-order valence-electron chi connectivity index (χ0n) is 7.24. The second-order valence-corrected chi connectivity index (χ2v) is 2.74. The van der Waals surface area contributed by atoms with Gasteiger partial charge in [-0.15, -0.1) is 0 Å². The first-order valence-electron chi connectivity index (χ1n) is 4.14. The highest BCUT2D eigenvalue weighted by Gasteiger charge is 2.10. The first-order valence-corrected chi connectivity index (χ1v) is 4.14. The van der Waals surface area contributed by atoms with E-state index in [1.54, 1.807) is 6.20 Å². The van der Waals surface area contributed by atoms with E-state index in [9.17, 15) is 4.79 Å². The van der Waals surface area contributed by atoms with Gasteiger partial charge in [-0.1, -0.05) is 6.92 Å². The van der Waals surface area contributed by atoms with E-state index in [0.717, 1.165) is 5.39 Å². The highest BCUT2D eigenvalue weighted by molar-refractivity contribution is 6.04. The van der Waals surface area contributed by atoms with Gasteiger partial charge in [0.05, 0.1) is 0 Å². The molecule has 4 heteroatoms. The largest absolute Gasteiger partial charge is 0.346 e. The van der Waals surface area contributed by atoms with Gasteiger partial charge in [0.15, 0.2) is 5.78 Å². The van der Waals surface area contributed by atoms with Crippen molar-refractivity contribution < 1.29 is 4.79 Å². The number of aromatic amines is 1. The van der Waals surface area contributed by atoms with Crippen LogP contribution in [0.4, 0.5) is 0 Å². The van der Waals surface area contributed by atoms with Crippen LogP contribution in [-0.2, 0) is 0 Å². The molecular formula is C9H9N3O. The molecule has 0 saturated heterocycles. The van der Waals surface area contributed by atoms with Crippen LogP contribution in [0.25, 0.3) is 11.0 Å². The zero-order chi connectivity index (χ0) is 9.26. The summed E-state index contributed by atoms with van der Waals surface area (Å²) in [4.78, 5) is 22.3. The number of rotatable bonds is 2. The van der Waals surface area contributed by atoms with Gasteiger partial charge in [-0.05, 0) is 6.07 Å². The van der Waals surface area contributed by atoms with Crippen molar-refractivity contribution in [3.63, 3.8) is 0 Å². The molecule has 2 aromatic heterocycles. The summed E-state index contributed by atoms with van der Waals surface area (Å²) in [6.45, 7) is 1.82. The molecule has 0 aliphatic carbocycles. The maximum absolute atomic E-state index is 11.4. The summed E-state index contributed by atoms with van der Waals surface area (Å²) >= 11 is 0. The second-order valence-electron chi connectivity index (χ2n) is 2.74. The molecule has 0 unspecified atom stereocenters. The molecule has 0 radical (unpaired) electrons. The molecule has 0 fully saturated rings. The number of carbonyl (C=O) groups excluding carboxylic acids is 1. The predicted octanol–water partition coefficient (Wildman–Crippen LogP) is 1.55. The van der Waals surface area contributed by atoms with E-state index in [1.807, 2.05) is 13.0 Å². The number of ketones is 1. The summed E-state index contributed by atoms with van der Waals surface area (Å²) in [5.41, 5.74) is 1.22. The van der Waals surface area contributed by atoms with E-state index in [1.165, 1.54) is 6.33 Å².